The minimum atomic E-state index is 0.812. The van der Waals surface area contributed by atoms with Gasteiger partial charge in [-0.15, -0.1) is 0 Å². The van der Waals surface area contributed by atoms with Crippen molar-refractivity contribution >= 4 is 53.4 Å². The van der Waals surface area contributed by atoms with Crippen molar-refractivity contribution in [3.63, 3.8) is 0 Å². The van der Waals surface area contributed by atoms with Crippen LogP contribution in [-0.2, 0) is 6.42 Å². The van der Waals surface area contributed by atoms with Gasteiger partial charge in [0.15, 0.2) is 23.6 Å². The monoisotopic (exact) mass is 486 g/mol. The van der Waals surface area contributed by atoms with Crippen molar-refractivity contribution in [1.82, 2.24) is 9.97 Å². The maximum atomic E-state index is 5.00. The summed E-state index contributed by atoms with van der Waals surface area (Å²) in [6.45, 7) is 8.08. The zero-order valence-corrected chi connectivity index (χ0v) is 21.1. The van der Waals surface area contributed by atoms with Crippen molar-refractivity contribution in [2.75, 3.05) is 36.4 Å². The molecule has 0 saturated carbocycles. The molecule has 0 unspecified atom stereocenters. The number of thiazole rings is 2. The van der Waals surface area contributed by atoms with E-state index >= 15 is 0 Å². The van der Waals surface area contributed by atoms with Gasteiger partial charge in [-0.3, -0.25) is 9.80 Å². The van der Waals surface area contributed by atoms with Crippen LogP contribution in [0.3, 0.4) is 0 Å². The van der Waals surface area contributed by atoms with Crippen LogP contribution in [0.2, 0.25) is 0 Å². The lowest BCUT2D eigenvalue weighted by Gasteiger charge is -2.39. The first-order chi connectivity index (χ1) is 16.6. The van der Waals surface area contributed by atoms with Crippen molar-refractivity contribution in [2.24, 2.45) is 0 Å². The van der Waals surface area contributed by atoms with Gasteiger partial charge in [0, 0.05) is 6.42 Å². The first-order valence-electron chi connectivity index (χ1n) is 11.7. The van der Waals surface area contributed by atoms with Crippen LogP contribution >= 0.6 is 22.7 Å². The molecule has 1 N–H and O–H groups in total. The lowest BCUT2D eigenvalue weighted by molar-refractivity contribution is -0.902. The summed E-state index contributed by atoms with van der Waals surface area (Å²) < 4.78 is 2.52. The first kappa shape index (κ1) is 21.5. The molecule has 1 aliphatic rings. The van der Waals surface area contributed by atoms with Crippen molar-refractivity contribution in [3.8, 4) is 0 Å². The minimum absolute atomic E-state index is 0.812. The van der Waals surface area contributed by atoms with E-state index in [1.165, 1.54) is 31.0 Å². The molecule has 6 rings (SSSR count). The van der Waals surface area contributed by atoms with Crippen LogP contribution in [0, 0.1) is 13.8 Å². The van der Waals surface area contributed by atoms with Gasteiger partial charge < -0.3 is 4.90 Å². The maximum Gasteiger partial charge on any atom is 0.192 e. The largest absolute Gasteiger partial charge is 0.300 e. The molecule has 1 aliphatic heterocycles. The Morgan fingerprint density at radius 1 is 0.765 bits per heavy atom. The molecule has 0 amide bonds. The molecule has 34 heavy (non-hydrogen) atoms. The smallest absolute Gasteiger partial charge is 0.192 e. The minimum Gasteiger partial charge on any atom is -0.300 e. The number of fused-ring (bicyclic) bond motifs is 2. The molecule has 0 aliphatic carbocycles. The summed E-state index contributed by atoms with van der Waals surface area (Å²) in [7, 11) is 0. The van der Waals surface area contributed by atoms with E-state index in [1.807, 2.05) is 0 Å². The molecule has 0 bridgehead atoms. The zero-order valence-electron chi connectivity index (χ0n) is 19.5. The van der Waals surface area contributed by atoms with Crippen molar-refractivity contribution < 1.29 is 4.90 Å². The predicted molar refractivity (Wildman–Crippen MR) is 144 cm³/mol. The number of anilines is 2. The number of aryl methyl sites for hydroxylation is 2. The summed E-state index contributed by atoms with van der Waals surface area (Å²) >= 11 is 3.59. The fraction of sp³-hybridized carbons (Fsp3) is 0.259. The highest BCUT2D eigenvalue weighted by atomic mass is 32.1. The van der Waals surface area contributed by atoms with Crippen molar-refractivity contribution in [1.29, 1.82) is 0 Å². The van der Waals surface area contributed by atoms with Crippen LogP contribution in [0.5, 0.6) is 0 Å². The van der Waals surface area contributed by atoms with Crippen molar-refractivity contribution in [2.45, 2.75) is 20.3 Å². The van der Waals surface area contributed by atoms with Crippen LogP contribution < -0.4 is 14.7 Å². The molecule has 3 heterocycles. The molecule has 0 radical (unpaired) electrons. The molecular weight excluding hydrogens is 458 g/mol. The Balaban J connectivity index is 1.30. The summed E-state index contributed by atoms with van der Waals surface area (Å²) in [5, 5.41) is 2.19. The molecule has 1 fully saturated rings. The SMILES string of the molecule is Cc1ccc2nc(N3CN(c4nc5ccc(C)cc5s4)C[NH+](CCc4ccccc4)C3)sc2c1. The average molecular weight is 487 g/mol. The normalized spacial score (nSPS) is 15.0. The van der Waals surface area contributed by atoms with E-state index in [1.54, 1.807) is 22.7 Å². The number of benzene rings is 3. The van der Waals surface area contributed by atoms with Crippen molar-refractivity contribution in [3.05, 3.63) is 83.4 Å². The van der Waals surface area contributed by atoms with Crippen LogP contribution in [0.4, 0.5) is 10.3 Å². The number of hydrogen-bond donors (Lipinski definition) is 1. The molecule has 5 aromatic rings. The van der Waals surface area contributed by atoms with Gasteiger partial charge in [0.05, 0.1) is 27.0 Å². The second kappa shape index (κ2) is 8.98. The third kappa shape index (κ3) is 4.39. The van der Waals surface area contributed by atoms with Crippen LogP contribution in [-0.4, -0.2) is 36.5 Å². The summed E-state index contributed by atoms with van der Waals surface area (Å²) in [6, 6.07) is 23.9. The van der Waals surface area contributed by atoms with Gasteiger partial charge >= 0.3 is 0 Å². The van der Waals surface area contributed by atoms with E-state index in [0.29, 0.717) is 0 Å². The Morgan fingerprint density at radius 3 is 1.88 bits per heavy atom. The van der Waals surface area contributed by atoms with Gasteiger partial charge in [-0.2, -0.15) is 0 Å². The second-order valence-corrected chi connectivity index (χ2v) is 11.2. The summed E-state index contributed by atoms with van der Waals surface area (Å²) in [5.41, 5.74) is 6.13. The fourth-order valence-electron chi connectivity index (χ4n) is 4.59. The fourth-order valence-corrected chi connectivity index (χ4v) is 6.70. The summed E-state index contributed by atoms with van der Waals surface area (Å²) in [5.74, 6) is 0. The third-order valence-corrected chi connectivity index (χ3v) is 8.54. The molecule has 5 nitrogen and oxygen atoms in total. The predicted octanol–water partition coefficient (Wildman–Crippen LogP) is 4.85. The Bertz CT molecular complexity index is 1350. The Hall–Kier alpha value is -3.00. The highest BCUT2D eigenvalue weighted by molar-refractivity contribution is 7.22. The number of aromatic nitrogens is 2. The van der Waals surface area contributed by atoms with Gasteiger partial charge in [0.25, 0.3) is 0 Å². The number of hydrogen-bond acceptors (Lipinski definition) is 6. The number of nitrogens with one attached hydrogen (secondary N) is 1. The molecule has 172 valence electrons. The highest BCUT2D eigenvalue weighted by Gasteiger charge is 2.30. The van der Waals surface area contributed by atoms with Gasteiger partial charge in [-0.1, -0.05) is 65.1 Å². The average Bonchev–Trinajstić information content (AvgIpc) is 3.47. The molecule has 7 heteroatoms. The van der Waals surface area contributed by atoms with E-state index in [-0.39, 0.29) is 0 Å². The van der Waals surface area contributed by atoms with Crippen LogP contribution in [0.15, 0.2) is 66.7 Å². The lowest BCUT2D eigenvalue weighted by Crippen LogP contribution is -3.17. The number of quaternary nitrogens is 1. The quantitative estimate of drug-likeness (QED) is 0.385. The van der Waals surface area contributed by atoms with E-state index in [9.17, 15) is 0 Å². The first-order valence-corrected chi connectivity index (χ1v) is 13.4. The zero-order chi connectivity index (χ0) is 23.1. The van der Waals surface area contributed by atoms with E-state index in [4.69, 9.17) is 9.97 Å². The maximum absolute atomic E-state index is 5.00. The van der Waals surface area contributed by atoms with Crippen LogP contribution in [0.1, 0.15) is 16.7 Å². The van der Waals surface area contributed by atoms with Gasteiger partial charge in [-0.05, 0) is 54.8 Å². The van der Waals surface area contributed by atoms with Gasteiger partial charge in [-0.25, -0.2) is 9.97 Å². The Morgan fingerprint density at radius 2 is 1.32 bits per heavy atom. The van der Waals surface area contributed by atoms with Crippen LogP contribution in [0.25, 0.3) is 20.4 Å². The third-order valence-electron chi connectivity index (χ3n) is 6.39. The highest BCUT2D eigenvalue weighted by Crippen LogP contribution is 2.32. The number of nitrogens with zero attached hydrogens (tertiary/aromatic N) is 4. The van der Waals surface area contributed by atoms with Gasteiger partial charge in [0.2, 0.25) is 0 Å². The molecule has 2 aromatic heterocycles. The molecule has 0 atom stereocenters. The molecule has 0 spiro atoms. The number of rotatable bonds is 5. The Labute approximate surface area is 207 Å². The topological polar surface area (TPSA) is 36.7 Å². The molecule has 1 saturated heterocycles. The standard InChI is InChI=1S/C27H27N5S2/c1-19-8-10-22-24(14-19)33-26(28-22)31-16-30(13-12-21-6-4-3-5-7-21)17-32(18-31)27-29-23-11-9-20(2)15-25(23)34-27/h3-11,14-15H,12-13,16-18H2,1-2H3/p+1. The van der Waals surface area contributed by atoms with E-state index < -0.39 is 0 Å². The summed E-state index contributed by atoms with van der Waals surface area (Å²) in [6.07, 6.45) is 1.07. The Kier molecular flexibility index (Phi) is 5.69. The molecule has 3 aromatic carbocycles. The summed E-state index contributed by atoms with van der Waals surface area (Å²) in [4.78, 5) is 16.4. The molecular formula is C27H28N5S2+. The van der Waals surface area contributed by atoms with Gasteiger partial charge in [0.1, 0.15) is 6.67 Å². The lowest BCUT2D eigenvalue weighted by atomic mass is 10.1. The second-order valence-electron chi connectivity index (χ2n) is 9.21. The van der Waals surface area contributed by atoms with E-state index in [0.717, 1.165) is 54.3 Å². The van der Waals surface area contributed by atoms with E-state index in [2.05, 4.69) is 90.4 Å².